The van der Waals surface area contributed by atoms with Gasteiger partial charge in [0.15, 0.2) is 0 Å². The van der Waals surface area contributed by atoms with Gasteiger partial charge in [-0.1, -0.05) is 12.1 Å². The largest absolute Gasteiger partial charge is 0.481 e. The fraction of sp³-hybridized carbons (Fsp3) is 0.444. The number of nitrogens with zero attached hydrogens (tertiary/aromatic N) is 2. The van der Waals surface area contributed by atoms with E-state index in [0.29, 0.717) is 6.54 Å². The van der Waals surface area contributed by atoms with Crippen molar-refractivity contribution in [1.29, 1.82) is 0 Å². The molecule has 26 heavy (non-hydrogen) atoms. The molecule has 2 heterocycles. The number of hydrazine groups is 1. The minimum Gasteiger partial charge on any atom is -0.481 e. The summed E-state index contributed by atoms with van der Waals surface area (Å²) >= 11 is 0. The van der Waals surface area contributed by atoms with Gasteiger partial charge in [-0.05, 0) is 38.3 Å². The molecule has 0 aromatic heterocycles. The van der Waals surface area contributed by atoms with Crippen LogP contribution in [0.4, 0.5) is 0 Å². The molecule has 0 saturated carbocycles. The second-order valence-electron chi connectivity index (χ2n) is 6.58. The number of rotatable bonds is 5. The van der Waals surface area contributed by atoms with Crippen molar-refractivity contribution in [3.63, 3.8) is 0 Å². The van der Waals surface area contributed by atoms with Gasteiger partial charge in [-0.2, -0.15) is 0 Å². The standard InChI is InChI=1S/C18H21N3O5/c1-11-5-4-10-19-21(11)18(26)14(8-9-15(22)23)20-16(24)12-6-2-3-7-13(12)17(20)25/h2-3,6-7,11,14,19H,4-5,8-10H2,1H3,(H,22,23)/t11-,14+/m1/s1. The van der Waals surface area contributed by atoms with Crippen molar-refractivity contribution in [2.75, 3.05) is 6.54 Å². The molecule has 0 spiro atoms. The molecule has 0 radical (unpaired) electrons. The van der Waals surface area contributed by atoms with E-state index in [9.17, 15) is 19.2 Å². The molecule has 2 aliphatic heterocycles. The Hall–Kier alpha value is -2.74. The van der Waals surface area contributed by atoms with Crippen LogP contribution in [0.25, 0.3) is 0 Å². The molecule has 2 N–H and O–H groups in total. The van der Waals surface area contributed by atoms with Crippen molar-refractivity contribution in [3.8, 4) is 0 Å². The van der Waals surface area contributed by atoms with Crippen LogP contribution in [0, 0.1) is 0 Å². The molecular weight excluding hydrogens is 338 g/mol. The molecule has 0 bridgehead atoms. The third-order valence-electron chi connectivity index (χ3n) is 4.81. The average Bonchev–Trinajstić information content (AvgIpc) is 2.87. The van der Waals surface area contributed by atoms with Gasteiger partial charge in [0, 0.05) is 19.0 Å². The fourth-order valence-electron chi connectivity index (χ4n) is 3.45. The molecule has 3 rings (SSSR count). The predicted octanol–water partition coefficient (Wildman–Crippen LogP) is 1.03. The van der Waals surface area contributed by atoms with E-state index < -0.39 is 29.7 Å². The lowest BCUT2D eigenvalue weighted by Gasteiger charge is -2.38. The summed E-state index contributed by atoms with van der Waals surface area (Å²) in [5, 5.41) is 10.5. The lowest BCUT2D eigenvalue weighted by atomic mass is 10.1. The smallest absolute Gasteiger partial charge is 0.303 e. The normalized spacial score (nSPS) is 20.9. The van der Waals surface area contributed by atoms with Crippen LogP contribution in [0.15, 0.2) is 24.3 Å². The molecule has 1 fully saturated rings. The van der Waals surface area contributed by atoms with Crippen molar-refractivity contribution in [2.45, 2.75) is 44.7 Å². The van der Waals surface area contributed by atoms with Crippen LogP contribution in [-0.4, -0.2) is 57.3 Å². The van der Waals surface area contributed by atoms with E-state index in [2.05, 4.69) is 5.43 Å². The van der Waals surface area contributed by atoms with Gasteiger partial charge in [0.25, 0.3) is 17.7 Å². The Morgan fingerprint density at radius 2 is 1.85 bits per heavy atom. The average molecular weight is 359 g/mol. The van der Waals surface area contributed by atoms with E-state index in [0.717, 1.165) is 17.7 Å². The molecule has 1 aromatic carbocycles. The number of imide groups is 1. The molecular formula is C18H21N3O5. The Morgan fingerprint density at radius 1 is 1.23 bits per heavy atom. The SMILES string of the molecule is C[C@@H]1CCCNN1C(=O)[C@H](CCC(=O)O)N1C(=O)c2ccccc2C1=O. The molecule has 138 valence electrons. The van der Waals surface area contributed by atoms with Gasteiger partial charge in [0.05, 0.1) is 11.1 Å². The molecule has 1 aromatic rings. The maximum absolute atomic E-state index is 13.1. The second-order valence-corrected chi connectivity index (χ2v) is 6.58. The third-order valence-corrected chi connectivity index (χ3v) is 4.81. The van der Waals surface area contributed by atoms with E-state index >= 15 is 0 Å². The molecule has 8 nitrogen and oxygen atoms in total. The first-order valence-corrected chi connectivity index (χ1v) is 8.67. The highest BCUT2D eigenvalue weighted by molar-refractivity contribution is 6.22. The summed E-state index contributed by atoms with van der Waals surface area (Å²) in [6, 6.07) is 5.13. The number of nitrogens with one attached hydrogen (secondary N) is 1. The summed E-state index contributed by atoms with van der Waals surface area (Å²) in [6.07, 6.45) is 1.28. The summed E-state index contributed by atoms with van der Waals surface area (Å²) in [4.78, 5) is 50.5. The van der Waals surface area contributed by atoms with E-state index in [1.807, 2.05) is 6.92 Å². The van der Waals surface area contributed by atoms with Crippen LogP contribution < -0.4 is 5.43 Å². The van der Waals surface area contributed by atoms with Gasteiger partial charge in [0.2, 0.25) is 0 Å². The summed E-state index contributed by atoms with van der Waals surface area (Å²) in [5.74, 6) is -2.65. The zero-order valence-electron chi connectivity index (χ0n) is 14.5. The zero-order valence-corrected chi connectivity index (χ0v) is 14.5. The first-order chi connectivity index (χ1) is 12.4. The van der Waals surface area contributed by atoms with E-state index in [1.54, 1.807) is 12.1 Å². The molecule has 0 unspecified atom stereocenters. The van der Waals surface area contributed by atoms with E-state index in [-0.39, 0.29) is 30.0 Å². The summed E-state index contributed by atoms with van der Waals surface area (Å²) in [7, 11) is 0. The van der Waals surface area contributed by atoms with Gasteiger partial charge < -0.3 is 5.11 Å². The molecule has 2 aliphatic rings. The van der Waals surface area contributed by atoms with Gasteiger partial charge in [-0.25, -0.2) is 5.43 Å². The molecule has 0 aliphatic carbocycles. The second kappa shape index (κ2) is 7.25. The minimum absolute atomic E-state index is 0.0984. The molecule has 3 amide bonds. The number of carbonyl (C=O) groups is 4. The van der Waals surface area contributed by atoms with Crippen LogP contribution in [0.1, 0.15) is 53.3 Å². The summed E-state index contributed by atoms with van der Waals surface area (Å²) < 4.78 is 0. The van der Waals surface area contributed by atoms with E-state index in [4.69, 9.17) is 5.11 Å². The fourth-order valence-corrected chi connectivity index (χ4v) is 3.45. The van der Waals surface area contributed by atoms with E-state index in [1.165, 1.54) is 17.1 Å². The Morgan fingerprint density at radius 3 is 2.38 bits per heavy atom. The maximum atomic E-state index is 13.1. The lowest BCUT2D eigenvalue weighted by Crippen LogP contribution is -2.59. The summed E-state index contributed by atoms with van der Waals surface area (Å²) in [6.45, 7) is 2.49. The number of carboxylic acid groups (broad SMARTS) is 1. The highest BCUT2D eigenvalue weighted by Crippen LogP contribution is 2.27. The molecule has 1 saturated heterocycles. The maximum Gasteiger partial charge on any atom is 0.303 e. The van der Waals surface area contributed by atoms with Gasteiger partial charge in [-0.3, -0.25) is 29.1 Å². The number of hydrogen-bond donors (Lipinski definition) is 2. The van der Waals surface area contributed by atoms with Crippen molar-refractivity contribution in [2.24, 2.45) is 0 Å². The van der Waals surface area contributed by atoms with Gasteiger partial charge in [-0.15, -0.1) is 0 Å². The zero-order chi connectivity index (χ0) is 18.8. The molecule has 8 heteroatoms. The Kier molecular flexibility index (Phi) is 5.03. The predicted molar refractivity (Wildman–Crippen MR) is 91.1 cm³/mol. The number of benzene rings is 1. The van der Waals surface area contributed by atoms with Gasteiger partial charge >= 0.3 is 5.97 Å². The van der Waals surface area contributed by atoms with Crippen molar-refractivity contribution < 1.29 is 24.3 Å². The lowest BCUT2D eigenvalue weighted by molar-refractivity contribution is -0.144. The van der Waals surface area contributed by atoms with Crippen LogP contribution in [0.2, 0.25) is 0 Å². The Labute approximate surface area is 150 Å². The van der Waals surface area contributed by atoms with Gasteiger partial charge in [0.1, 0.15) is 6.04 Å². The van der Waals surface area contributed by atoms with Crippen LogP contribution in [0.3, 0.4) is 0 Å². The minimum atomic E-state index is -1.15. The number of amides is 3. The number of carbonyl (C=O) groups excluding carboxylic acids is 3. The topological polar surface area (TPSA) is 107 Å². The van der Waals surface area contributed by atoms with Crippen LogP contribution in [0.5, 0.6) is 0 Å². The van der Waals surface area contributed by atoms with Crippen molar-refractivity contribution in [1.82, 2.24) is 15.3 Å². The highest BCUT2D eigenvalue weighted by Gasteiger charge is 2.44. The summed E-state index contributed by atoms with van der Waals surface area (Å²) in [5.41, 5.74) is 3.48. The number of hydrogen-bond acceptors (Lipinski definition) is 5. The number of fused-ring (bicyclic) bond motifs is 1. The quantitative estimate of drug-likeness (QED) is 0.761. The third kappa shape index (κ3) is 3.20. The Bertz CT molecular complexity index is 728. The monoisotopic (exact) mass is 359 g/mol. The van der Waals surface area contributed by atoms with Crippen molar-refractivity contribution >= 4 is 23.7 Å². The Balaban J connectivity index is 1.91. The number of carboxylic acids is 1. The van der Waals surface area contributed by atoms with Crippen molar-refractivity contribution in [3.05, 3.63) is 35.4 Å². The first kappa shape index (κ1) is 18.1. The van der Waals surface area contributed by atoms with Crippen LogP contribution >= 0.6 is 0 Å². The first-order valence-electron chi connectivity index (χ1n) is 8.67. The number of aliphatic carboxylic acids is 1. The highest BCUT2D eigenvalue weighted by atomic mass is 16.4. The van der Waals surface area contributed by atoms with Crippen LogP contribution in [-0.2, 0) is 9.59 Å². The molecule has 2 atom stereocenters.